The zero-order valence-electron chi connectivity index (χ0n) is 22.7. The normalized spacial score (nSPS) is 31.1. The molecule has 2 aliphatic heterocycles. The van der Waals surface area contributed by atoms with E-state index in [0.717, 1.165) is 4.57 Å². The SMILES string of the molecule is COC[C@H]1O[C@@H](n2ccc(N)nc2=O)[C@@H](OC)C1OP(=O)(O)OC[C@H]1O[C@@H](n2cnc3c(N)ncnc32)[C@@H](OC)C1O. The lowest BCUT2D eigenvalue weighted by atomic mass is 10.1. The summed E-state index contributed by atoms with van der Waals surface area (Å²) in [5.74, 6) is 0.159. The third-order valence-electron chi connectivity index (χ3n) is 6.92. The molecule has 9 atom stereocenters. The van der Waals surface area contributed by atoms with E-state index in [2.05, 4.69) is 19.9 Å². The number of aliphatic hydroxyl groups is 1. The molecule has 230 valence electrons. The topological polar surface area (TPSA) is 253 Å². The lowest BCUT2D eigenvalue weighted by Crippen LogP contribution is -2.39. The lowest BCUT2D eigenvalue weighted by Gasteiger charge is -2.25. The summed E-state index contributed by atoms with van der Waals surface area (Å²) in [4.78, 5) is 39.1. The van der Waals surface area contributed by atoms with Gasteiger partial charge in [-0.25, -0.2) is 24.3 Å². The second-order valence-corrected chi connectivity index (χ2v) is 10.8. The van der Waals surface area contributed by atoms with E-state index in [9.17, 15) is 19.4 Å². The molecule has 20 heteroatoms. The summed E-state index contributed by atoms with van der Waals surface area (Å²) in [7, 11) is -0.767. The minimum Gasteiger partial charge on any atom is -0.387 e. The molecule has 3 aromatic heterocycles. The zero-order valence-corrected chi connectivity index (χ0v) is 23.6. The molecule has 0 bridgehead atoms. The van der Waals surface area contributed by atoms with Gasteiger partial charge in [-0.1, -0.05) is 0 Å². The number of phosphoric ester groups is 1. The molecule has 0 aliphatic carbocycles. The van der Waals surface area contributed by atoms with Crippen LogP contribution in [0.25, 0.3) is 11.2 Å². The highest BCUT2D eigenvalue weighted by molar-refractivity contribution is 7.47. The molecule has 0 spiro atoms. The van der Waals surface area contributed by atoms with E-state index < -0.39 is 69.2 Å². The number of phosphoric acid groups is 1. The summed E-state index contributed by atoms with van der Waals surface area (Å²) >= 11 is 0. The molecule has 2 saturated heterocycles. The van der Waals surface area contributed by atoms with Crippen molar-refractivity contribution in [1.82, 2.24) is 29.1 Å². The molecular weight excluding hydrogens is 583 g/mol. The molecule has 0 aromatic carbocycles. The van der Waals surface area contributed by atoms with Crippen molar-refractivity contribution >= 4 is 30.6 Å². The van der Waals surface area contributed by atoms with E-state index in [0.29, 0.717) is 11.2 Å². The summed E-state index contributed by atoms with van der Waals surface area (Å²) in [6.45, 7) is -0.646. The predicted molar refractivity (Wildman–Crippen MR) is 141 cm³/mol. The Morgan fingerprint density at radius 2 is 1.71 bits per heavy atom. The van der Waals surface area contributed by atoms with Gasteiger partial charge in [-0.3, -0.25) is 18.2 Å². The van der Waals surface area contributed by atoms with Crippen molar-refractivity contribution in [2.75, 3.05) is 46.0 Å². The van der Waals surface area contributed by atoms with Crippen molar-refractivity contribution in [3.63, 3.8) is 0 Å². The van der Waals surface area contributed by atoms with E-state index in [4.69, 9.17) is 44.2 Å². The van der Waals surface area contributed by atoms with Crippen LogP contribution in [0.3, 0.4) is 0 Å². The van der Waals surface area contributed by atoms with Crippen molar-refractivity contribution in [1.29, 1.82) is 0 Å². The van der Waals surface area contributed by atoms with Gasteiger partial charge in [0.2, 0.25) is 0 Å². The number of imidazole rings is 1. The summed E-state index contributed by atoms with van der Waals surface area (Å²) < 4.78 is 54.4. The van der Waals surface area contributed by atoms with Crippen LogP contribution in [0.2, 0.25) is 0 Å². The van der Waals surface area contributed by atoms with E-state index >= 15 is 0 Å². The number of anilines is 2. The summed E-state index contributed by atoms with van der Waals surface area (Å²) in [6.07, 6.45) is -4.57. The maximum absolute atomic E-state index is 13.1. The molecule has 0 amide bonds. The van der Waals surface area contributed by atoms with Crippen LogP contribution in [0.15, 0.2) is 29.7 Å². The minimum absolute atomic E-state index is 0.00520. The monoisotopic (exact) mass is 614 g/mol. The number of aliphatic hydroxyl groups excluding tert-OH is 1. The number of hydrogen-bond donors (Lipinski definition) is 4. The first-order valence-corrected chi connectivity index (χ1v) is 14.0. The zero-order chi connectivity index (χ0) is 30.2. The van der Waals surface area contributed by atoms with E-state index in [1.807, 2.05) is 0 Å². The number of hydrogen-bond acceptors (Lipinski definition) is 16. The van der Waals surface area contributed by atoms with Crippen molar-refractivity contribution in [2.45, 2.75) is 49.1 Å². The first-order valence-electron chi connectivity index (χ1n) is 12.6. The molecule has 2 fully saturated rings. The van der Waals surface area contributed by atoms with Gasteiger partial charge in [-0.2, -0.15) is 4.98 Å². The summed E-state index contributed by atoms with van der Waals surface area (Å²) in [5, 5.41) is 10.9. The third kappa shape index (κ3) is 5.76. The molecule has 3 aromatic rings. The van der Waals surface area contributed by atoms with Crippen molar-refractivity contribution in [2.24, 2.45) is 0 Å². The first-order chi connectivity index (χ1) is 20.1. The second kappa shape index (κ2) is 12.3. The van der Waals surface area contributed by atoms with Gasteiger partial charge >= 0.3 is 13.5 Å². The van der Waals surface area contributed by atoms with Crippen LogP contribution >= 0.6 is 7.82 Å². The van der Waals surface area contributed by atoms with Gasteiger partial charge < -0.3 is 45.2 Å². The number of ether oxygens (including phenoxy) is 5. The van der Waals surface area contributed by atoms with Crippen LogP contribution in [0.4, 0.5) is 11.6 Å². The minimum atomic E-state index is -4.85. The van der Waals surface area contributed by atoms with Crippen LogP contribution in [0, 0.1) is 0 Å². The van der Waals surface area contributed by atoms with E-state index in [1.165, 1.54) is 50.8 Å². The Morgan fingerprint density at radius 3 is 2.40 bits per heavy atom. The fourth-order valence-corrected chi connectivity index (χ4v) is 5.93. The Labute approximate surface area is 237 Å². The number of rotatable bonds is 11. The number of aromatic nitrogens is 6. The smallest absolute Gasteiger partial charge is 0.387 e. The van der Waals surface area contributed by atoms with E-state index in [-0.39, 0.29) is 18.2 Å². The summed E-state index contributed by atoms with van der Waals surface area (Å²) in [6, 6.07) is 1.39. The Kier molecular flexibility index (Phi) is 8.86. The Balaban J connectivity index is 1.30. The summed E-state index contributed by atoms with van der Waals surface area (Å²) in [5.41, 5.74) is 11.4. The molecule has 5 rings (SSSR count). The van der Waals surface area contributed by atoms with Crippen LogP contribution < -0.4 is 17.2 Å². The van der Waals surface area contributed by atoms with Gasteiger partial charge in [0, 0.05) is 27.5 Å². The van der Waals surface area contributed by atoms with Crippen molar-refractivity contribution < 1.29 is 47.3 Å². The fourth-order valence-electron chi connectivity index (χ4n) is 4.97. The van der Waals surface area contributed by atoms with Crippen LogP contribution in [-0.2, 0) is 37.3 Å². The Hall–Kier alpha value is -3.10. The largest absolute Gasteiger partial charge is 0.472 e. The van der Waals surface area contributed by atoms with Crippen molar-refractivity contribution in [3.05, 3.63) is 35.4 Å². The van der Waals surface area contributed by atoms with Gasteiger partial charge in [0.1, 0.15) is 54.3 Å². The first kappa shape index (κ1) is 30.4. The lowest BCUT2D eigenvalue weighted by molar-refractivity contribution is -0.0673. The third-order valence-corrected chi connectivity index (χ3v) is 7.90. The molecule has 5 heterocycles. The van der Waals surface area contributed by atoms with Gasteiger partial charge in [-0.15, -0.1) is 0 Å². The number of fused-ring (bicyclic) bond motifs is 1. The molecule has 0 saturated carbocycles. The quantitative estimate of drug-likeness (QED) is 0.181. The van der Waals surface area contributed by atoms with Gasteiger partial charge in [0.15, 0.2) is 23.9 Å². The number of methoxy groups -OCH3 is 3. The highest BCUT2D eigenvalue weighted by Gasteiger charge is 2.51. The predicted octanol–water partition coefficient (Wildman–Crippen LogP) is -1.42. The molecular formula is C22H31N8O11P. The number of nitrogens with zero attached hydrogens (tertiary/aromatic N) is 6. The molecule has 6 N–H and O–H groups in total. The van der Waals surface area contributed by atoms with Crippen molar-refractivity contribution in [3.8, 4) is 0 Å². The molecule has 2 aliphatic rings. The maximum atomic E-state index is 13.1. The van der Waals surface area contributed by atoms with Crippen LogP contribution in [-0.4, -0.2) is 110 Å². The molecule has 3 unspecified atom stereocenters. The van der Waals surface area contributed by atoms with Crippen LogP contribution in [0.1, 0.15) is 12.5 Å². The molecule has 0 radical (unpaired) electrons. The Morgan fingerprint density at radius 1 is 1.00 bits per heavy atom. The number of nitrogen functional groups attached to an aromatic ring is 2. The number of nitrogens with two attached hydrogens (primary N) is 2. The standard InChI is InChI=1S/C22H31N8O11P/c1-35-6-11-15(17(37-3)21(40-11)29-5-4-12(23)28-22(29)32)41-42(33,34)38-7-10-14(31)16(36-2)20(39-10)30-9-27-13-18(24)25-8-26-19(13)30/h4-5,8-11,14-17,20-21,31H,6-7H2,1-3H3,(H,33,34)(H2,23,28,32)(H2,24,25,26)/t10-,11-,14?,15?,16+,17+,20-,21-/m1/s1. The van der Waals surface area contributed by atoms with Gasteiger partial charge in [-0.05, 0) is 6.07 Å². The highest BCUT2D eigenvalue weighted by atomic mass is 31.2. The van der Waals surface area contributed by atoms with E-state index in [1.54, 1.807) is 0 Å². The Bertz CT molecular complexity index is 1510. The van der Waals surface area contributed by atoms with Gasteiger partial charge in [0.25, 0.3) is 0 Å². The highest BCUT2D eigenvalue weighted by Crippen LogP contribution is 2.49. The molecule has 42 heavy (non-hydrogen) atoms. The van der Waals surface area contributed by atoms with Crippen LogP contribution in [0.5, 0.6) is 0 Å². The maximum Gasteiger partial charge on any atom is 0.472 e. The second-order valence-electron chi connectivity index (χ2n) is 9.44. The molecule has 19 nitrogen and oxygen atoms in total. The average Bonchev–Trinajstić information content (AvgIpc) is 3.61. The average molecular weight is 615 g/mol. The van der Waals surface area contributed by atoms with Gasteiger partial charge in [0.05, 0.1) is 19.5 Å². The fraction of sp³-hybridized carbons (Fsp3) is 0.591.